The number of nitrogens with zero attached hydrogens (tertiary/aromatic N) is 4. The summed E-state index contributed by atoms with van der Waals surface area (Å²) in [5.41, 5.74) is 3.71. The van der Waals surface area contributed by atoms with Gasteiger partial charge < -0.3 is 19.7 Å². The highest BCUT2D eigenvalue weighted by Crippen LogP contribution is 2.20. The number of carbonyl (C=O) groups is 1. The Bertz CT molecular complexity index is 971. The van der Waals surface area contributed by atoms with Gasteiger partial charge in [-0.05, 0) is 49.9 Å². The number of anilines is 2. The standard InChI is InChI=1S/C23H27N5O/c1-18-24-11-12-28(18)17-20-5-3-4-6-22(20)25-23(29)19-7-9-21(10-8-19)27-15-13-26(2)14-16-27/h3-12H,13-17H2,1-2H3,(H,25,29). The zero-order chi connectivity index (χ0) is 20.2. The van der Waals surface area contributed by atoms with Crippen molar-refractivity contribution in [3.05, 3.63) is 77.9 Å². The van der Waals surface area contributed by atoms with Crippen LogP contribution >= 0.6 is 0 Å². The number of piperazine rings is 1. The minimum Gasteiger partial charge on any atom is -0.369 e. The summed E-state index contributed by atoms with van der Waals surface area (Å²) in [7, 11) is 2.15. The van der Waals surface area contributed by atoms with Gasteiger partial charge in [-0.25, -0.2) is 4.98 Å². The molecule has 1 amide bonds. The molecule has 0 bridgehead atoms. The number of rotatable bonds is 5. The highest BCUT2D eigenvalue weighted by Gasteiger charge is 2.15. The normalized spacial score (nSPS) is 14.8. The number of hydrogen-bond donors (Lipinski definition) is 1. The minimum absolute atomic E-state index is 0.0928. The Morgan fingerprint density at radius 2 is 1.76 bits per heavy atom. The Labute approximate surface area is 171 Å². The fourth-order valence-corrected chi connectivity index (χ4v) is 3.62. The van der Waals surface area contributed by atoms with Gasteiger partial charge in [0.25, 0.3) is 5.91 Å². The van der Waals surface area contributed by atoms with Crippen molar-refractivity contribution in [2.75, 3.05) is 43.4 Å². The number of nitrogens with one attached hydrogen (secondary N) is 1. The van der Waals surface area contributed by atoms with Gasteiger partial charge in [-0.15, -0.1) is 0 Å². The summed E-state index contributed by atoms with van der Waals surface area (Å²) in [4.78, 5) is 21.8. The molecule has 0 spiro atoms. The zero-order valence-electron chi connectivity index (χ0n) is 17.0. The maximum Gasteiger partial charge on any atom is 0.255 e. The molecule has 150 valence electrons. The summed E-state index contributed by atoms with van der Waals surface area (Å²) in [6.45, 7) is 6.81. The number of imidazole rings is 1. The summed E-state index contributed by atoms with van der Waals surface area (Å²) in [6, 6.07) is 15.8. The Balaban J connectivity index is 1.45. The molecule has 1 N–H and O–H groups in total. The Kier molecular flexibility index (Phi) is 5.62. The van der Waals surface area contributed by atoms with E-state index in [0.29, 0.717) is 12.1 Å². The topological polar surface area (TPSA) is 53.4 Å². The van der Waals surface area contributed by atoms with E-state index in [9.17, 15) is 4.79 Å². The number of amides is 1. The number of aromatic nitrogens is 2. The second-order valence-electron chi connectivity index (χ2n) is 7.55. The fraction of sp³-hybridized carbons (Fsp3) is 0.304. The van der Waals surface area contributed by atoms with Gasteiger partial charge in [-0.2, -0.15) is 0 Å². The lowest BCUT2D eigenvalue weighted by Crippen LogP contribution is -2.44. The van der Waals surface area contributed by atoms with Crippen LogP contribution in [0.5, 0.6) is 0 Å². The first-order valence-electron chi connectivity index (χ1n) is 10.0. The van der Waals surface area contributed by atoms with Crippen LogP contribution < -0.4 is 10.2 Å². The van der Waals surface area contributed by atoms with Crippen molar-refractivity contribution in [2.24, 2.45) is 0 Å². The third kappa shape index (κ3) is 4.49. The highest BCUT2D eigenvalue weighted by molar-refractivity contribution is 6.04. The van der Waals surface area contributed by atoms with E-state index in [1.807, 2.05) is 61.7 Å². The molecule has 2 aromatic carbocycles. The molecule has 0 unspecified atom stereocenters. The van der Waals surface area contributed by atoms with Crippen LogP contribution in [0.1, 0.15) is 21.7 Å². The number of para-hydroxylation sites is 1. The molecule has 3 aromatic rings. The Morgan fingerprint density at radius 3 is 2.45 bits per heavy atom. The van der Waals surface area contributed by atoms with Gasteiger partial charge in [0.15, 0.2) is 0 Å². The summed E-state index contributed by atoms with van der Waals surface area (Å²) in [6.07, 6.45) is 3.74. The van der Waals surface area contributed by atoms with Crippen molar-refractivity contribution in [1.29, 1.82) is 0 Å². The molecule has 0 radical (unpaired) electrons. The van der Waals surface area contributed by atoms with E-state index in [4.69, 9.17) is 0 Å². The van der Waals surface area contributed by atoms with E-state index in [1.165, 1.54) is 5.69 Å². The molecule has 1 fully saturated rings. The predicted octanol–water partition coefficient (Wildman–Crippen LogP) is 3.24. The van der Waals surface area contributed by atoms with Crippen molar-refractivity contribution in [2.45, 2.75) is 13.5 Å². The smallest absolute Gasteiger partial charge is 0.255 e. The molecule has 29 heavy (non-hydrogen) atoms. The van der Waals surface area contributed by atoms with E-state index in [2.05, 4.69) is 31.7 Å². The molecule has 2 heterocycles. The fourth-order valence-electron chi connectivity index (χ4n) is 3.62. The summed E-state index contributed by atoms with van der Waals surface area (Å²) in [5, 5.41) is 3.07. The average Bonchev–Trinajstić information content (AvgIpc) is 3.14. The van der Waals surface area contributed by atoms with Gasteiger partial charge in [-0.3, -0.25) is 4.79 Å². The van der Waals surface area contributed by atoms with Crippen LogP contribution in [0.2, 0.25) is 0 Å². The van der Waals surface area contributed by atoms with E-state index >= 15 is 0 Å². The SMILES string of the molecule is Cc1nccn1Cc1ccccc1NC(=O)c1ccc(N2CCN(C)CC2)cc1. The second kappa shape index (κ2) is 8.49. The average molecular weight is 390 g/mol. The zero-order valence-corrected chi connectivity index (χ0v) is 17.0. The third-order valence-corrected chi connectivity index (χ3v) is 5.53. The molecule has 0 atom stereocenters. The lowest BCUT2D eigenvalue weighted by atomic mass is 10.1. The summed E-state index contributed by atoms with van der Waals surface area (Å²) >= 11 is 0. The first-order chi connectivity index (χ1) is 14.1. The van der Waals surface area contributed by atoms with Crippen molar-refractivity contribution in [3.8, 4) is 0 Å². The molecule has 4 rings (SSSR count). The molecule has 0 saturated carbocycles. The van der Waals surface area contributed by atoms with Crippen molar-refractivity contribution >= 4 is 17.3 Å². The molecule has 1 aliphatic heterocycles. The van der Waals surface area contributed by atoms with Crippen LogP contribution in [0.3, 0.4) is 0 Å². The monoisotopic (exact) mass is 389 g/mol. The summed E-state index contributed by atoms with van der Waals surface area (Å²) in [5.74, 6) is 0.857. The quantitative estimate of drug-likeness (QED) is 0.728. The van der Waals surface area contributed by atoms with Crippen LogP contribution in [0.25, 0.3) is 0 Å². The maximum atomic E-state index is 12.8. The van der Waals surface area contributed by atoms with E-state index in [1.54, 1.807) is 6.20 Å². The predicted molar refractivity (Wildman–Crippen MR) is 117 cm³/mol. The second-order valence-corrected chi connectivity index (χ2v) is 7.55. The van der Waals surface area contributed by atoms with Crippen molar-refractivity contribution in [3.63, 3.8) is 0 Å². The first kappa shape index (κ1) is 19.2. The van der Waals surface area contributed by atoms with Crippen molar-refractivity contribution in [1.82, 2.24) is 14.5 Å². The molecule has 1 aliphatic rings. The largest absolute Gasteiger partial charge is 0.369 e. The lowest BCUT2D eigenvalue weighted by molar-refractivity contribution is 0.102. The van der Waals surface area contributed by atoms with Crippen LogP contribution in [-0.4, -0.2) is 53.6 Å². The van der Waals surface area contributed by atoms with Gasteiger partial charge in [-0.1, -0.05) is 18.2 Å². The van der Waals surface area contributed by atoms with E-state index < -0.39 is 0 Å². The van der Waals surface area contributed by atoms with Crippen LogP contribution in [0.4, 0.5) is 11.4 Å². The Morgan fingerprint density at radius 1 is 1.03 bits per heavy atom. The Hall–Kier alpha value is -3.12. The van der Waals surface area contributed by atoms with Gasteiger partial charge >= 0.3 is 0 Å². The van der Waals surface area contributed by atoms with Gasteiger partial charge in [0.1, 0.15) is 5.82 Å². The molecular weight excluding hydrogens is 362 g/mol. The number of carbonyl (C=O) groups excluding carboxylic acids is 1. The van der Waals surface area contributed by atoms with E-state index in [-0.39, 0.29) is 5.91 Å². The molecule has 1 saturated heterocycles. The molecule has 6 nitrogen and oxygen atoms in total. The van der Waals surface area contributed by atoms with Crippen LogP contribution in [-0.2, 0) is 6.54 Å². The van der Waals surface area contributed by atoms with Crippen molar-refractivity contribution < 1.29 is 4.79 Å². The molecular formula is C23H27N5O. The molecule has 1 aromatic heterocycles. The highest BCUT2D eigenvalue weighted by atomic mass is 16.1. The molecule has 6 heteroatoms. The van der Waals surface area contributed by atoms with E-state index in [0.717, 1.165) is 43.3 Å². The number of benzene rings is 2. The van der Waals surface area contributed by atoms with Crippen LogP contribution in [0, 0.1) is 6.92 Å². The van der Waals surface area contributed by atoms with Gasteiger partial charge in [0.05, 0.1) is 6.54 Å². The van der Waals surface area contributed by atoms with Gasteiger partial charge in [0.2, 0.25) is 0 Å². The third-order valence-electron chi connectivity index (χ3n) is 5.53. The summed E-state index contributed by atoms with van der Waals surface area (Å²) < 4.78 is 2.07. The molecule has 0 aliphatic carbocycles. The number of likely N-dealkylation sites (N-methyl/N-ethyl adjacent to an activating group) is 1. The minimum atomic E-state index is -0.0928. The first-order valence-corrected chi connectivity index (χ1v) is 10.0. The number of hydrogen-bond acceptors (Lipinski definition) is 4. The lowest BCUT2D eigenvalue weighted by Gasteiger charge is -2.34. The maximum absolute atomic E-state index is 12.8. The van der Waals surface area contributed by atoms with Crippen LogP contribution in [0.15, 0.2) is 60.9 Å². The number of aryl methyl sites for hydroxylation is 1. The van der Waals surface area contributed by atoms with Gasteiger partial charge in [0, 0.05) is 55.5 Å².